The molecule has 1 atom stereocenters. The Hall–Kier alpha value is -2.69. The maximum Gasteiger partial charge on any atom is 0.337 e. The molecule has 1 aromatic heterocycles. The van der Waals surface area contributed by atoms with Gasteiger partial charge in [-0.15, -0.1) is 0 Å². The van der Waals surface area contributed by atoms with Crippen LogP contribution in [0.1, 0.15) is 50.5 Å². The van der Waals surface area contributed by atoms with Crippen LogP contribution in [0, 0.1) is 13.8 Å². The number of aromatic carboxylic acids is 1. The average Bonchev–Trinajstić information content (AvgIpc) is 2.52. The molecule has 5 heteroatoms. The molecule has 1 aromatic carbocycles. The number of pyridine rings is 1. The van der Waals surface area contributed by atoms with Gasteiger partial charge >= 0.3 is 5.97 Å². The summed E-state index contributed by atoms with van der Waals surface area (Å²) in [5, 5.41) is 11.8. The maximum absolute atomic E-state index is 12.1. The smallest absolute Gasteiger partial charge is 0.337 e. The van der Waals surface area contributed by atoms with Gasteiger partial charge in [0.2, 0.25) is 0 Å². The molecule has 0 saturated heterocycles. The highest BCUT2D eigenvalue weighted by molar-refractivity contribution is 5.94. The third-order valence-electron chi connectivity index (χ3n) is 3.76. The molecule has 2 aromatic rings. The monoisotopic (exact) mass is 312 g/mol. The first-order chi connectivity index (χ1) is 10.9. The van der Waals surface area contributed by atoms with Crippen molar-refractivity contribution in [3.63, 3.8) is 0 Å². The number of carbonyl (C=O) groups excluding carboxylic acids is 1. The molecule has 0 fully saturated rings. The zero-order valence-corrected chi connectivity index (χ0v) is 13.5. The molecule has 5 nitrogen and oxygen atoms in total. The summed E-state index contributed by atoms with van der Waals surface area (Å²) in [5.41, 5.74) is 3.01. The zero-order chi connectivity index (χ0) is 17.0. The third kappa shape index (κ3) is 4.16. The standard InChI is InChI=1S/C18H20N2O3/c1-11-4-6-14(7-5-11)12(2)10-19-17(21)16-9-8-15(18(22)23)13(3)20-16/h4-9,12H,10H2,1-3H3,(H,19,21)(H,22,23). The van der Waals surface area contributed by atoms with Crippen LogP contribution < -0.4 is 5.32 Å². The summed E-state index contributed by atoms with van der Waals surface area (Å²) in [6, 6.07) is 11.0. The number of hydrogen-bond acceptors (Lipinski definition) is 3. The molecule has 120 valence electrons. The van der Waals surface area contributed by atoms with Crippen molar-refractivity contribution in [3.8, 4) is 0 Å². The van der Waals surface area contributed by atoms with Gasteiger partial charge in [-0.2, -0.15) is 0 Å². The van der Waals surface area contributed by atoms with Crippen molar-refractivity contribution in [2.24, 2.45) is 0 Å². The minimum atomic E-state index is -1.05. The normalized spacial score (nSPS) is 11.8. The van der Waals surface area contributed by atoms with Crippen LogP contribution in [-0.4, -0.2) is 28.5 Å². The Kier molecular flexibility index (Phi) is 5.11. The molecule has 0 aliphatic rings. The van der Waals surface area contributed by atoms with E-state index in [0.29, 0.717) is 12.2 Å². The largest absolute Gasteiger partial charge is 0.478 e. The number of nitrogens with zero attached hydrogens (tertiary/aromatic N) is 1. The summed E-state index contributed by atoms with van der Waals surface area (Å²) in [5.74, 6) is -1.17. The number of hydrogen-bond donors (Lipinski definition) is 2. The second-order valence-electron chi connectivity index (χ2n) is 5.66. The summed E-state index contributed by atoms with van der Waals surface area (Å²) in [6.07, 6.45) is 0. The van der Waals surface area contributed by atoms with Crippen molar-refractivity contribution in [3.05, 3.63) is 64.5 Å². The van der Waals surface area contributed by atoms with E-state index in [-0.39, 0.29) is 23.1 Å². The van der Waals surface area contributed by atoms with Crippen molar-refractivity contribution in [1.29, 1.82) is 0 Å². The van der Waals surface area contributed by atoms with Crippen LogP contribution in [-0.2, 0) is 0 Å². The van der Waals surface area contributed by atoms with E-state index in [1.165, 1.54) is 17.7 Å². The van der Waals surface area contributed by atoms with Crippen molar-refractivity contribution in [2.45, 2.75) is 26.7 Å². The van der Waals surface area contributed by atoms with Gasteiger partial charge in [-0.1, -0.05) is 36.8 Å². The molecule has 0 radical (unpaired) electrons. The van der Waals surface area contributed by atoms with E-state index in [0.717, 1.165) is 5.56 Å². The first-order valence-corrected chi connectivity index (χ1v) is 7.44. The number of aromatic nitrogens is 1. The number of carbonyl (C=O) groups is 2. The van der Waals surface area contributed by atoms with Gasteiger partial charge in [0.05, 0.1) is 11.3 Å². The molecule has 23 heavy (non-hydrogen) atoms. The van der Waals surface area contributed by atoms with Crippen LogP contribution in [0.2, 0.25) is 0 Å². The number of carboxylic acids is 1. The van der Waals surface area contributed by atoms with Gasteiger partial charge in [-0.25, -0.2) is 9.78 Å². The summed E-state index contributed by atoms with van der Waals surface area (Å²) < 4.78 is 0. The molecule has 1 unspecified atom stereocenters. The van der Waals surface area contributed by atoms with Gasteiger partial charge in [-0.3, -0.25) is 4.79 Å². The van der Waals surface area contributed by atoms with Crippen molar-refractivity contribution >= 4 is 11.9 Å². The number of amides is 1. The summed E-state index contributed by atoms with van der Waals surface area (Å²) in [4.78, 5) is 27.2. The number of benzene rings is 1. The van der Waals surface area contributed by atoms with E-state index in [2.05, 4.69) is 22.4 Å². The first-order valence-electron chi connectivity index (χ1n) is 7.44. The number of rotatable bonds is 5. The SMILES string of the molecule is Cc1ccc(C(C)CNC(=O)c2ccc(C(=O)O)c(C)n2)cc1. The van der Waals surface area contributed by atoms with Crippen LogP contribution in [0.4, 0.5) is 0 Å². The lowest BCUT2D eigenvalue weighted by Crippen LogP contribution is -2.28. The van der Waals surface area contributed by atoms with E-state index in [9.17, 15) is 9.59 Å². The molecule has 0 bridgehead atoms. The molecule has 0 spiro atoms. The highest BCUT2D eigenvalue weighted by atomic mass is 16.4. The summed E-state index contributed by atoms with van der Waals surface area (Å²) in [7, 11) is 0. The van der Waals surface area contributed by atoms with Crippen LogP contribution in [0.5, 0.6) is 0 Å². The Morgan fingerprint density at radius 3 is 2.35 bits per heavy atom. The highest BCUT2D eigenvalue weighted by Crippen LogP contribution is 2.15. The fourth-order valence-electron chi connectivity index (χ4n) is 2.26. The fourth-order valence-corrected chi connectivity index (χ4v) is 2.26. The summed E-state index contributed by atoms with van der Waals surface area (Å²) >= 11 is 0. The average molecular weight is 312 g/mol. The van der Waals surface area contributed by atoms with Crippen LogP contribution in [0.15, 0.2) is 36.4 Å². The quantitative estimate of drug-likeness (QED) is 0.889. The minimum Gasteiger partial charge on any atom is -0.478 e. The Labute approximate surface area is 135 Å². The Bertz CT molecular complexity index is 724. The van der Waals surface area contributed by atoms with E-state index in [4.69, 9.17) is 5.11 Å². The Morgan fingerprint density at radius 1 is 1.13 bits per heavy atom. The molecule has 0 aliphatic carbocycles. The van der Waals surface area contributed by atoms with Crippen molar-refractivity contribution < 1.29 is 14.7 Å². The first kappa shape index (κ1) is 16.7. The van der Waals surface area contributed by atoms with Gasteiger partial charge in [-0.05, 0) is 37.5 Å². The Morgan fingerprint density at radius 2 is 1.78 bits per heavy atom. The molecule has 2 N–H and O–H groups in total. The molecular weight excluding hydrogens is 292 g/mol. The topological polar surface area (TPSA) is 79.3 Å². The van der Waals surface area contributed by atoms with Crippen molar-refractivity contribution in [1.82, 2.24) is 10.3 Å². The predicted octanol–water partition coefficient (Wildman–Crippen LogP) is 2.93. The van der Waals surface area contributed by atoms with Gasteiger partial charge < -0.3 is 10.4 Å². The van der Waals surface area contributed by atoms with Crippen molar-refractivity contribution in [2.75, 3.05) is 6.54 Å². The van der Waals surface area contributed by atoms with E-state index >= 15 is 0 Å². The number of aryl methyl sites for hydroxylation is 2. The van der Waals surface area contributed by atoms with E-state index in [1.54, 1.807) is 6.92 Å². The minimum absolute atomic E-state index is 0.106. The lowest BCUT2D eigenvalue weighted by molar-refractivity contribution is 0.0694. The highest BCUT2D eigenvalue weighted by Gasteiger charge is 2.14. The molecule has 0 aliphatic heterocycles. The molecule has 2 rings (SSSR count). The maximum atomic E-state index is 12.1. The van der Waals surface area contributed by atoms with Gasteiger partial charge in [0, 0.05) is 6.54 Å². The molecule has 0 saturated carbocycles. The molecular formula is C18H20N2O3. The van der Waals surface area contributed by atoms with Gasteiger partial charge in [0.15, 0.2) is 0 Å². The predicted molar refractivity (Wildman–Crippen MR) is 87.9 cm³/mol. The molecule has 1 heterocycles. The zero-order valence-electron chi connectivity index (χ0n) is 13.5. The number of carboxylic acid groups (broad SMARTS) is 1. The fraction of sp³-hybridized carbons (Fsp3) is 0.278. The third-order valence-corrected chi connectivity index (χ3v) is 3.76. The van der Waals surface area contributed by atoms with Crippen LogP contribution >= 0.6 is 0 Å². The Balaban J connectivity index is 2.00. The summed E-state index contributed by atoms with van der Waals surface area (Å²) in [6.45, 7) is 6.14. The van der Waals surface area contributed by atoms with Gasteiger partial charge in [0.1, 0.15) is 5.69 Å². The van der Waals surface area contributed by atoms with Crippen LogP contribution in [0.3, 0.4) is 0 Å². The molecule has 1 amide bonds. The van der Waals surface area contributed by atoms with Crippen LogP contribution in [0.25, 0.3) is 0 Å². The number of nitrogens with one attached hydrogen (secondary N) is 1. The lowest BCUT2D eigenvalue weighted by Gasteiger charge is -2.13. The van der Waals surface area contributed by atoms with Gasteiger partial charge in [0.25, 0.3) is 5.91 Å². The lowest BCUT2D eigenvalue weighted by atomic mass is 10.00. The van der Waals surface area contributed by atoms with E-state index in [1.807, 2.05) is 26.0 Å². The van der Waals surface area contributed by atoms with E-state index < -0.39 is 5.97 Å². The second-order valence-corrected chi connectivity index (χ2v) is 5.66. The second kappa shape index (κ2) is 7.05.